The molecule has 3 N–H and O–H groups in total. The van der Waals surface area contributed by atoms with Crippen LogP contribution in [0.25, 0.3) is 5.65 Å². The van der Waals surface area contributed by atoms with Gasteiger partial charge in [0.25, 0.3) is 0 Å². The van der Waals surface area contributed by atoms with Crippen molar-refractivity contribution in [2.45, 2.75) is 38.6 Å². The molecule has 2 aromatic carbocycles. The van der Waals surface area contributed by atoms with E-state index in [1.54, 1.807) is 36.6 Å². The fourth-order valence-electron chi connectivity index (χ4n) is 3.47. The molecule has 0 bridgehead atoms. The van der Waals surface area contributed by atoms with Gasteiger partial charge in [-0.3, -0.25) is 9.20 Å². The lowest BCUT2D eigenvalue weighted by atomic mass is 10.1. The van der Waals surface area contributed by atoms with Gasteiger partial charge in [-0.25, -0.2) is 4.79 Å². The summed E-state index contributed by atoms with van der Waals surface area (Å²) in [5.41, 5.74) is 7.59. The van der Waals surface area contributed by atoms with Crippen LogP contribution in [0.15, 0.2) is 79.0 Å². The first kappa shape index (κ1) is 25.0. The molecule has 9 heteroatoms. The fraction of sp³-hybridized carbons (Fsp3) is 0.259. The minimum atomic E-state index is -1.09. The van der Waals surface area contributed by atoms with Crippen LogP contribution in [0.4, 0.5) is 0 Å². The lowest BCUT2D eigenvalue weighted by molar-refractivity contribution is -0.126. The van der Waals surface area contributed by atoms with Gasteiger partial charge in [-0.1, -0.05) is 60.7 Å². The highest BCUT2D eigenvalue weighted by Gasteiger charge is 2.28. The van der Waals surface area contributed by atoms with E-state index in [0.717, 1.165) is 11.1 Å². The predicted octanol–water partition coefficient (Wildman–Crippen LogP) is 3.20. The highest BCUT2D eigenvalue weighted by Crippen LogP contribution is 2.17. The zero-order chi connectivity index (χ0) is 25.5. The van der Waals surface area contributed by atoms with E-state index in [2.05, 4.69) is 15.5 Å². The van der Waals surface area contributed by atoms with Crippen molar-refractivity contribution in [1.29, 1.82) is 0 Å². The van der Waals surface area contributed by atoms with E-state index in [1.165, 1.54) is 0 Å². The number of fused-ring (bicyclic) bond motifs is 1. The first-order chi connectivity index (χ1) is 17.3. The number of nitrogens with zero attached hydrogens (tertiary/aromatic N) is 3. The van der Waals surface area contributed by atoms with Crippen molar-refractivity contribution in [3.63, 3.8) is 0 Å². The SMILES string of the molecule is CC(C)(N)C(=O)N[C@H](COCc1ccccc1)c1nnc2cc(C(=O)OCc3ccccc3)ccn12. The molecule has 4 aromatic rings. The molecule has 2 heterocycles. The number of nitrogens with two attached hydrogens (primary N) is 1. The number of hydrogen-bond acceptors (Lipinski definition) is 7. The molecule has 0 aliphatic heterocycles. The van der Waals surface area contributed by atoms with E-state index in [1.807, 2.05) is 60.7 Å². The first-order valence-corrected chi connectivity index (χ1v) is 11.6. The molecule has 9 nitrogen and oxygen atoms in total. The topological polar surface area (TPSA) is 121 Å². The van der Waals surface area contributed by atoms with E-state index >= 15 is 0 Å². The highest BCUT2D eigenvalue weighted by atomic mass is 16.5. The average Bonchev–Trinajstić information content (AvgIpc) is 3.30. The monoisotopic (exact) mass is 487 g/mol. The van der Waals surface area contributed by atoms with Gasteiger partial charge in [0, 0.05) is 6.20 Å². The lowest BCUT2D eigenvalue weighted by Crippen LogP contribution is -2.50. The zero-order valence-electron chi connectivity index (χ0n) is 20.3. The minimum Gasteiger partial charge on any atom is -0.457 e. The van der Waals surface area contributed by atoms with Crippen LogP contribution < -0.4 is 11.1 Å². The Morgan fingerprint density at radius 1 is 0.972 bits per heavy atom. The number of nitrogens with one attached hydrogen (secondary N) is 1. The van der Waals surface area contributed by atoms with E-state index in [0.29, 0.717) is 23.6 Å². The summed E-state index contributed by atoms with van der Waals surface area (Å²) in [5.74, 6) is -0.361. The van der Waals surface area contributed by atoms with E-state index in [4.69, 9.17) is 15.2 Å². The minimum absolute atomic E-state index is 0.151. The summed E-state index contributed by atoms with van der Waals surface area (Å²) >= 11 is 0. The molecule has 36 heavy (non-hydrogen) atoms. The van der Waals surface area contributed by atoms with Crippen LogP contribution in [-0.4, -0.2) is 38.6 Å². The number of carbonyl (C=O) groups is 2. The molecule has 1 atom stereocenters. The molecule has 0 saturated heterocycles. The van der Waals surface area contributed by atoms with Gasteiger partial charge in [0.2, 0.25) is 5.91 Å². The standard InChI is InChI=1S/C27H29N5O4/c1-27(2,28)26(34)29-22(18-35-16-19-9-5-3-6-10-19)24-31-30-23-15-21(13-14-32(23)24)25(33)36-17-20-11-7-4-8-12-20/h3-15,22H,16-18,28H2,1-2H3,(H,29,34)/t22-/m1/s1. The average molecular weight is 488 g/mol. The number of esters is 1. The Balaban J connectivity index is 1.51. The van der Waals surface area contributed by atoms with Crippen LogP contribution in [0.5, 0.6) is 0 Å². The number of amides is 1. The maximum Gasteiger partial charge on any atom is 0.338 e. The molecule has 0 saturated carbocycles. The number of hydrogen-bond donors (Lipinski definition) is 2. The summed E-state index contributed by atoms with van der Waals surface area (Å²) in [6.07, 6.45) is 1.67. The van der Waals surface area contributed by atoms with Gasteiger partial charge >= 0.3 is 5.97 Å². The number of ether oxygens (including phenoxy) is 2. The van der Waals surface area contributed by atoms with Crippen molar-refractivity contribution in [2.75, 3.05) is 6.61 Å². The number of rotatable bonds is 10. The predicted molar refractivity (Wildman–Crippen MR) is 134 cm³/mol. The van der Waals surface area contributed by atoms with Crippen molar-refractivity contribution >= 4 is 17.5 Å². The summed E-state index contributed by atoms with van der Waals surface area (Å²) in [6, 6.07) is 21.8. The normalized spacial score (nSPS) is 12.3. The highest BCUT2D eigenvalue weighted by molar-refractivity contribution is 5.90. The number of benzene rings is 2. The molecule has 186 valence electrons. The van der Waals surface area contributed by atoms with Crippen LogP contribution in [0.1, 0.15) is 47.2 Å². The third-order valence-corrected chi connectivity index (χ3v) is 5.48. The van der Waals surface area contributed by atoms with Crippen LogP contribution in [-0.2, 0) is 27.5 Å². The number of aromatic nitrogens is 3. The first-order valence-electron chi connectivity index (χ1n) is 11.6. The second kappa shape index (κ2) is 11.1. The Hall–Kier alpha value is -4.08. The van der Waals surface area contributed by atoms with Gasteiger partial charge in [-0.2, -0.15) is 0 Å². The largest absolute Gasteiger partial charge is 0.457 e. The van der Waals surface area contributed by atoms with Gasteiger partial charge < -0.3 is 20.5 Å². The molecule has 0 spiro atoms. The molecule has 0 fully saturated rings. The van der Waals surface area contributed by atoms with Crippen molar-refractivity contribution in [3.05, 3.63) is 102 Å². The summed E-state index contributed by atoms with van der Waals surface area (Å²) in [7, 11) is 0. The summed E-state index contributed by atoms with van der Waals surface area (Å²) in [6.45, 7) is 3.94. The molecule has 0 unspecified atom stereocenters. The molecular formula is C27H29N5O4. The Morgan fingerprint density at radius 3 is 2.25 bits per heavy atom. The Kier molecular flexibility index (Phi) is 7.72. The number of carbonyl (C=O) groups excluding carboxylic acids is 2. The summed E-state index contributed by atoms with van der Waals surface area (Å²) in [4.78, 5) is 25.2. The van der Waals surface area contributed by atoms with Gasteiger partial charge in [-0.05, 0) is 37.1 Å². The van der Waals surface area contributed by atoms with Gasteiger partial charge in [0.1, 0.15) is 12.6 Å². The third-order valence-electron chi connectivity index (χ3n) is 5.48. The Labute approximate surface area is 209 Å². The second-order valence-corrected chi connectivity index (χ2v) is 9.01. The van der Waals surface area contributed by atoms with Crippen LogP contribution in [0.2, 0.25) is 0 Å². The van der Waals surface area contributed by atoms with Crippen molar-refractivity contribution in [3.8, 4) is 0 Å². The third kappa shape index (κ3) is 6.32. The van der Waals surface area contributed by atoms with Crippen molar-refractivity contribution < 1.29 is 19.1 Å². The van der Waals surface area contributed by atoms with E-state index in [-0.39, 0.29) is 19.1 Å². The van der Waals surface area contributed by atoms with Crippen LogP contribution >= 0.6 is 0 Å². The molecule has 0 radical (unpaired) electrons. The van der Waals surface area contributed by atoms with Gasteiger partial charge in [0.05, 0.1) is 24.3 Å². The zero-order valence-corrected chi connectivity index (χ0v) is 20.3. The molecule has 1 amide bonds. The van der Waals surface area contributed by atoms with Gasteiger partial charge in [-0.15, -0.1) is 10.2 Å². The molecule has 4 rings (SSSR count). The van der Waals surface area contributed by atoms with Crippen molar-refractivity contribution in [2.24, 2.45) is 5.73 Å². The van der Waals surface area contributed by atoms with E-state index < -0.39 is 17.6 Å². The maximum absolute atomic E-state index is 12.7. The van der Waals surface area contributed by atoms with Crippen molar-refractivity contribution in [1.82, 2.24) is 19.9 Å². The fourth-order valence-corrected chi connectivity index (χ4v) is 3.47. The lowest BCUT2D eigenvalue weighted by Gasteiger charge is -2.23. The number of pyridine rings is 1. The van der Waals surface area contributed by atoms with Gasteiger partial charge in [0.15, 0.2) is 11.5 Å². The quantitative estimate of drug-likeness (QED) is 0.330. The maximum atomic E-state index is 12.7. The van der Waals surface area contributed by atoms with Crippen LogP contribution in [0, 0.1) is 0 Å². The summed E-state index contributed by atoms with van der Waals surface area (Å²) in [5, 5.41) is 11.4. The molecule has 0 aliphatic rings. The summed E-state index contributed by atoms with van der Waals surface area (Å²) < 4.78 is 13.0. The smallest absolute Gasteiger partial charge is 0.338 e. The molecule has 0 aliphatic carbocycles. The Bertz CT molecular complexity index is 1320. The molecular weight excluding hydrogens is 458 g/mol. The molecule has 2 aromatic heterocycles. The Morgan fingerprint density at radius 2 is 1.61 bits per heavy atom. The second-order valence-electron chi connectivity index (χ2n) is 9.01. The van der Waals surface area contributed by atoms with E-state index in [9.17, 15) is 9.59 Å². The van der Waals surface area contributed by atoms with Crippen LogP contribution in [0.3, 0.4) is 0 Å².